The first-order valence-electron chi connectivity index (χ1n) is 8.97. The molecule has 1 aliphatic heterocycles. The molecular weight excluding hydrogens is 308 g/mol. The van der Waals surface area contributed by atoms with Gasteiger partial charge in [0, 0.05) is 0 Å². The second-order valence-electron chi connectivity index (χ2n) is 6.91. The van der Waals surface area contributed by atoms with Gasteiger partial charge < -0.3 is 10.6 Å². The lowest BCUT2D eigenvalue weighted by atomic mass is 9.79. The van der Waals surface area contributed by atoms with E-state index in [1.165, 1.54) is 24.9 Å². The number of fused-ring (bicyclic) bond motifs is 1. The van der Waals surface area contributed by atoms with E-state index in [4.69, 9.17) is 10.3 Å². The van der Waals surface area contributed by atoms with Crippen LogP contribution < -0.4 is 10.6 Å². The Kier molecular flexibility index (Phi) is 4.15. The molecule has 1 heterocycles. The Bertz CT molecular complexity index is 824. The molecule has 0 saturated heterocycles. The van der Waals surface area contributed by atoms with Gasteiger partial charge in [-0.05, 0) is 42.7 Å². The van der Waals surface area contributed by atoms with Crippen LogP contribution in [0.25, 0.3) is 0 Å². The number of hydrogen-bond acceptors (Lipinski definition) is 3. The fourth-order valence-electron chi connectivity index (χ4n) is 3.83. The SMILES string of the molecule is N#Cc1ccc(CN=C2Nc3ccccc3NC23CCCCC3)cc1. The van der Waals surface area contributed by atoms with Crippen LogP contribution in [0.15, 0.2) is 53.5 Å². The minimum absolute atomic E-state index is 0.0702. The highest BCUT2D eigenvalue weighted by molar-refractivity contribution is 6.09. The molecule has 0 amide bonds. The number of hydrogen-bond donors (Lipinski definition) is 2. The number of para-hydroxylation sites is 2. The number of nitrogens with one attached hydrogen (secondary N) is 2. The first-order chi connectivity index (χ1) is 12.3. The standard InChI is InChI=1S/C21H22N4/c22-14-16-8-10-17(11-9-16)15-23-20-21(12-4-1-5-13-21)25-19-7-3-2-6-18(19)24-20/h2-3,6-11,25H,1,4-5,12-13,15H2,(H,23,24). The summed E-state index contributed by atoms with van der Waals surface area (Å²) in [7, 11) is 0. The highest BCUT2D eigenvalue weighted by Gasteiger charge is 2.40. The van der Waals surface area contributed by atoms with Gasteiger partial charge in [0.05, 0.1) is 35.1 Å². The third kappa shape index (κ3) is 3.10. The molecule has 1 spiro atoms. The molecule has 2 aromatic carbocycles. The lowest BCUT2D eigenvalue weighted by Crippen LogP contribution is -2.53. The van der Waals surface area contributed by atoms with E-state index in [-0.39, 0.29) is 5.54 Å². The summed E-state index contributed by atoms with van der Waals surface area (Å²) in [5, 5.41) is 16.3. The Morgan fingerprint density at radius 3 is 2.40 bits per heavy atom. The van der Waals surface area contributed by atoms with Gasteiger partial charge in [0.1, 0.15) is 5.84 Å². The van der Waals surface area contributed by atoms with E-state index in [1.54, 1.807) is 0 Å². The summed E-state index contributed by atoms with van der Waals surface area (Å²) in [6, 6.07) is 18.2. The van der Waals surface area contributed by atoms with Crippen LogP contribution in [0.1, 0.15) is 43.2 Å². The normalized spacial score (nSPS) is 19.6. The molecule has 0 bridgehead atoms. The maximum absolute atomic E-state index is 8.93. The number of nitrogens with zero attached hydrogens (tertiary/aromatic N) is 2. The van der Waals surface area contributed by atoms with Crippen molar-refractivity contribution in [3.8, 4) is 6.07 Å². The Balaban J connectivity index is 1.63. The molecule has 2 aromatic rings. The summed E-state index contributed by atoms with van der Waals surface area (Å²) >= 11 is 0. The summed E-state index contributed by atoms with van der Waals surface area (Å²) in [6.45, 7) is 0.625. The Labute approximate surface area is 148 Å². The monoisotopic (exact) mass is 330 g/mol. The van der Waals surface area contributed by atoms with Gasteiger partial charge in [-0.25, -0.2) is 0 Å². The summed E-state index contributed by atoms with van der Waals surface area (Å²) in [5.74, 6) is 1.05. The van der Waals surface area contributed by atoms with E-state index in [2.05, 4.69) is 34.9 Å². The molecular formula is C21H22N4. The topological polar surface area (TPSA) is 60.2 Å². The molecule has 2 N–H and O–H groups in total. The van der Waals surface area contributed by atoms with E-state index in [1.807, 2.05) is 30.3 Å². The molecule has 2 aliphatic rings. The lowest BCUT2D eigenvalue weighted by molar-refractivity contribution is 0.403. The van der Waals surface area contributed by atoms with Crippen LogP contribution in [0.3, 0.4) is 0 Å². The summed E-state index contributed by atoms with van der Waals surface area (Å²) < 4.78 is 0. The van der Waals surface area contributed by atoms with Crippen molar-refractivity contribution in [2.24, 2.45) is 4.99 Å². The van der Waals surface area contributed by atoms with Crippen molar-refractivity contribution in [2.45, 2.75) is 44.2 Å². The highest BCUT2D eigenvalue weighted by Crippen LogP contribution is 2.39. The van der Waals surface area contributed by atoms with Crippen molar-refractivity contribution in [2.75, 3.05) is 10.6 Å². The number of benzene rings is 2. The fraction of sp³-hybridized carbons (Fsp3) is 0.333. The van der Waals surface area contributed by atoms with Gasteiger partial charge in [-0.2, -0.15) is 5.26 Å². The van der Waals surface area contributed by atoms with Crippen LogP contribution in [0.4, 0.5) is 11.4 Å². The maximum Gasteiger partial charge on any atom is 0.127 e. The molecule has 4 heteroatoms. The molecule has 1 fully saturated rings. The number of aliphatic imine (C=N–C) groups is 1. The van der Waals surface area contributed by atoms with Crippen molar-refractivity contribution in [3.63, 3.8) is 0 Å². The van der Waals surface area contributed by atoms with Crippen molar-refractivity contribution in [1.82, 2.24) is 0 Å². The lowest BCUT2D eigenvalue weighted by Gasteiger charge is -2.44. The van der Waals surface area contributed by atoms with Gasteiger partial charge in [0.2, 0.25) is 0 Å². The Morgan fingerprint density at radius 1 is 0.960 bits per heavy atom. The molecule has 4 rings (SSSR count). The zero-order valence-corrected chi connectivity index (χ0v) is 14.3. The van der Waals surface area contributed by atoms with Crippen LogP contribution in [-0.2, 0) is 6.54 Å². The third-order valence-corrected chi connectivity index (χ3v) is 5.22. The number of nitriles is 1. The molecule has 0 aromatic heterocycles. The molecule has 4 nitrogen and oxygen atoms in total. The van der Waals surface area contributed by atoms with E-state index in [0.717, 1.165) is 29.9 Å². The largest absolute Gasteiger partial charge is 0.371 e. The van der Waals surface area contributed by atoms with Crippen molar-refractivity contribution >= 4 is 17.2 Å². The molecule has 0 radical (unpaired) electrons. The van der Waals surface area contributed by atoms with Crippen LogP contribution >= 0.6 is 0 Å². The number of anilines is 2. The molecule has 126 valence electrons. The first kappa shape index (κ1) is 15.7. The highest BCUT2D eigenvalue weighted by atomic mass is 15.2. The second kappa shape index (κ2) is 6.60. The zero-order chi connectivity index (χ0) is 17.1. The summed E-state index contributed by atoms with van der Waals surface area (Å²) in [5.41, 5.74) is 4.00. The molecule has 1 saturated carbocycles. The predicted molar refractivity (Wildman–Crippen MR) is 102 cm³/mol. The van der Waals surface area contributed by atoms with Gasteiger partial charge in [-0.15, -0.1) is 0 Å². The van der Waals surface area contributed by atoms with Gasteiger partial charge in [0.15, 0.2) is 0 Å². The van der Waals surface area contributed by atoms with E-state index in [9.17, 15) is 0 Å². The first-order valence-corrected chi connectivity index (χ1v) is 8.97. The smallest absolute Gasteiger partial charge is 0.127 e. The molecule has 0 unspecified atom stereocenters. The van der Waals surface area contributed by atoms with Crippen molar-refractivity contribution < 1.29 is 0 Å². The van der Waals surface area contributed by atoms with Gasteiger partial charge >= 0.3 is 0 Å². The van der Waals surface area contributed by atoms with E-state index >= 15 is 0 Å². The summed E-state index contributed by atoms with van der Waals surface area (Å²) in [4.78, 5) is 4.94. The van der Waals surface area contributed by atoms with Gasteiger partial charge in [-0.3, -0.25) is 4.99 Å². The average Bonchev–Trinajstić information content (AvgIpc) is 2.67. The number of amidine groups is 1. The fourth-order valence-corrected chi connectivity index (χ4v) is 3.83. The van der Waals surface area contributed by atoms with E-state index in [0.29, 0.717) is 12.1 Å². The van der Waals surface area contributed by atoms with Crippen LogP contribution in [-0.4, -0.2) is 11.4 Å². The van der Waals surface area contributed by atoms with Crippen molar-refractivity contribution in [3.05, 3.63) is 59.7 Å². The third-order valence-electron chi connectivity index (χ3n) is 5.22. The zero-order valence-electron chi connectivity index (χ0n) is 14.3. The maximum atomic E-state index is 8.93. The number of rotatable bonds is 2. The molecule has 1 aliphatic carbocycles. The Morgan fingerprint density at radius 2 is 1.68 bits per heavy atom. The van der Waals surface area contributed by atoms with Gasteiger partial charge in [-0.1, -0.05) is 43.5 Å². The molecule has 25 heavy (non-hydrogen) atoms. The molecule has 0 atom stereocenters. The van der Waals surface area contributed by atoms with Crippen LogP contribution in [0.5, 0.6) is 0 Å². The minimum Gasteiger partial charge on any atom is -0.371 e. The predicted octanol–water partition coefficient (Wildman–Crippen LogP) is 4.70. The van der Waals surface area contributed by atoms with E-state index < -0.39 is 0 Å². The second-order valence-corrected chi connectivity index (χ2v) is 6.91. The van der Waals surface area contributed by atoms with Crippen molar-refractivity contribution in [1.29, 1.82) is 5.26 Å². The van der Waals surface area contributed by atoms with Crippen LogP contribution in [0, 0.1) is 11.3 Å². The van der Waals surface area contributed by atoms with Gasteiger partial charge in [0.25, 0.3) is 0 Å². The Hall–Kier alpha value is -2.80. The minimum atomic E-state index is -0.0702. The quantitative estimate of drug-likeness (QED) is 0.839. The average molecular weight is 330 g/mol. The summed E-state index contributed by atoms with van der Waals surface area (Å²) in [6.07, 6.45) is 5.98. The van der Waals surface area contributed by atoms with Crippen LogP contribution in [0.2, 0.25) is 0 Å².